The van der Waals surface area contributed by atoms with Gasteiger partial charge in [0.15, 0.2) is 0 Å². The largest absolute Gasteiger partial charge is 0.468 e. The predicted octanol–water partition coefficient (Wildman–Crippen LogP) is 1.56. The average Bonchev–Trinajstić information content (AvgIpc) is 2.15. The number of methoxy groups -OCH3 is 1. The van der Waals surface area contributed by atoms with Gasteiger partial charge in [0.1, 0.15) is 5.25 Å². The molecule has 2 N–H and O–H groups in total. The van der Waals surface area contributed by atoms with E-state index in [1.165, 1.54) is 0 Å². The van der Waals surface area contributed by atoms with Crippen LogP contribution in [0.1, 0.15) is 13.3 Å². The Morgan fingerprint density at radius 3 is 2.40 bits per heavy atom. The zero-order valence-electron chi connectivity index (χ0n) is 8.50. The van der Waals surface area contributed by atoms with Crippen LogP contribution in [0.15, 0.2) is 0 Å². The van der Waals surface area contributed by atoms with Crippen LogP contribution in [0.4, 0.5) is 13.2 Å². The summed E-state index contributed by atoms with van der Waals surface area (Å²) in [7, 11) is 1.13. The maximum Gasteiger partial charge on any atom is 0.402 e. The third kappa shape index (κ3) is 5.27. The van der Waals surface area contributed by atoms with Crippen molar-refractivity contribution in [3.05, 3.63) is 0 Å². The topological polar surface area (TPSA) is 52.3 Å². The van der Waals surface area contributed by atoms with Crippen LogP contribution < -0.4 is 5.73 Å². The summed E-state index contributed by atoms with van der Waals surface area (Å²) in [6.45, 7) is 1.57. The molecule has 0 spiro atoms. The molecule has 0 aromatic carbocycles. The van der Waals surface area contributed by atoms with Gasteiger partial charge in [-0.2, -0.15) is 13.2 Å². The molecule has 7 heteroatoms. The van der Waals surface area contributed by atoms with Crippen LogP contribution in [0.25, 0.3) is 0 Å². The summed E-state index contributed by atoms with van der Waals surface area (Å²) in [4.78, 5) is 10.7. The smallest absolute Gasteiger partial charge is 0.402 e. The molecule has 2 unspecified atom stereocenters. The number of hydrogen-bond acceptors (Lipinski definition) is 4. The molecule has 15 heavy (non-hydrogen) atoms. The van der Waals surface area contributed by atoms with Gasteiger partial charge in [-0.25, -0.2) is 0 Å². The molecular formula is C8H14F3NO2S. The monoisotopic (exact) mass is 245 g/mol. The van der Waals surface area contributed by atoms with E-state index < -0.39 is 23.4 Å². The van der Waals surface area contributed by atoms with Crippen molar-refractivity contribution in [1.82, 2.24) is 0 Å². The summed E-state index contributed by atoms with van der Waals surface area (Å²) in [5.74, 6) is -1.02. The average molecular weight is 245 g/mol. The third-order valence-corrected chi connectivity index (χ3v) is 3.17. The lowest BCUT2D eigenvalue weighted by atomic mass is 10.1. The molecule has 0 rings (SSSR count). The van der Waals surface area contributed by atoms with Gasteiger partial charge in [-0.1, -0.05) is 6.92 Å². The summed E-state index contributed by atoms with van der Waals surface area (Å²) < 4.78 is 41.6. The van der Waals surface area contributed by atoms with Gasteiger partial charge in [0.2, 0.25) is 0 Å². The zero-order valence-corrected chi connectivity index (χ0v) is 9.32. The number of thioether (sulfide) groups is 1. The Morgan fingerprint density at radius 1 is 1.53 bits per heavy atom. The molecular weight excluding hydrogens is 231 g/mol. The van der Waals surface area contributed by atoms with Crippen LogP contribution >= 0.6 is 11.8 Å². The fraction of sp³-hybridized carbons (Fsp3) is 0.875. The highest BCUT2D eigenvalue weighted by atomic mass is 32.2. The summed E-state index contributed by atoms with van der Waals surface area (Å²) in [6.07, 6.45) is -4.19. The Labute approximate surface area is 90.5 Å². The van der Waals surface area contributed by atoms with Crippen LogP contribution in [0.5, 0.6) is 0 Å². The van der Waals surface area contributed by atoms with Crippen molar-refractivity contribution in [2.75, 3.05) is 12.9 Å². The number of rotatable bonds is 5. The molecule has 2 atom stereocenters. The van der Waals surface area contributed by atoms with Gasteiger partial charge in [-0.05, 0) is 6.42 Å². The van der Waals surface area contributed by atoms with Gasteiger partial charge in [-0.15, -0.1) is 11.8 Å². The van der Waals surface area contributed by atoms with Gasteiger partial charge in [0, 0.05) is 6.04 Å². The van der Waals surface area contributed by atoms with E-state index in [0.29, 0.717) is 11.8 Å². The molecule has 0 aliphatic heterocycles. The molecule has 0 aromatic rings. The molecule has 90 valence electrons. The van der Waals surface area contributed by atoms with E-state index in [-0.39, 0.29) is 12.2 Å². The van der Waals surface area contributed by atoms with Gasteiger partial charge >= 0.3 is 12.1 Å². The molecule has 0 bridgehead atoms. The molecule has 0 amide bonds. The number of ether oxygens (including phenoxy) is 1. The second-order valence-corrected chi connectivity index (χ2v) is 4.05. The van der Waals surface area contributed by atoms with Crippen LogP contribution in [0.3, 0.4) is 0 Å². The van der Waals surface area contributed by atoms with E-state index in [0.717, 1.165) is 7.11 Å². The Kier molecular flexibility index (Phi) is 6.04. The van der Waals surface area contributed by atoms with E-state index in [4.69, 9.17) is 5.73 Å². The molecule has 0 fully saturated rings. The minimum absolute atomic E-state index is 0.207. The third-order valence-electron chi connectivity index (χ3n) is 1.79. The van der Waals surface area contributed by atoms with E-state index in [1.807, 2.05) is 0 Å². The minimum Gasteiger partial charge on any atom is -0.468 e. The molecule has 0 aliphatic carbocycles. The second-order valence-electron chi connectivity index (χ2n) is 2.92. The summed E-state index contributed by atoms with van der Waals surface area (Å²) in [6, 6.07) is -1.00. The number of carbonyl (C=O) groups excluding carboxylic acids is 1. The Morgan fingerprint density at radius 2 is 2.07 bits per heavy atom. The maximum absolute atomic E-state index is 12.5. The fourth-order valence-electron chi connectivity index (χ4n) is 0.892. The highest BCUT2D eigenvalue weighted by Gasteiger charge is 2.43. The van der Waals surface area contributed by atoms with Crippen molar-refractivity contribution < 1.29 is 22.7 Å². The van der Waals surface area contributed by atoms with Gasteiger partial charge in [0.05, 0.1) is 12.9 Å². The molecule has 3 nitrogen and oxygen atoms in total. The first kappa shape index (κ1) is 14.6. The highest BCUT2D eigenvalue weighted by molar-refractivity contribution is 8.00. The fourth-order valence-corrected chi connectivity index (χ4v) is 1.95. The molecule has 0 heterocycles. The standard InChI is InChI=1S/C8H14F3NO2S/c1-3-5(12)7(8(9,10)11)15-4-6(13)14-2/h5,7H,3-4,12H2,1-2H3. The van der Waals surface area contributed by atoms with Gasteiger partial charge < -0.3 is 10.5 Å². The van der Waals surface area contributed by atoms with Gasteiger partial charge in [0.25, 0.3) is 0 Å². The minimum atomic E-state index is -4.39. The first-order chi connectivity index (χ1) is 6.82. The molecule has 0 saturated carbocycles. The first-order valence-electron chi connectivity index (χ1n) is 4.33. The van der Waals surface area contributed by atoms with E-state index in [1.54, 1.807) is 6.92 Å². The zero-order chi connectivity index (χ0) is 12.1. The molecule has 0 radical (unpaired) electrons. The van der Waals surface area contributed by atoms with Gasteiger partial charge in [-0.3, -0.25) is 4.79 Å². The summed E-state index contributed by atoms with van der Waals surface area (Å²) in [5, 5.41) is -1.72. The van der Waals surface area contributed by atoms with Crippen LogP contribution in [0.2, 0.25) is 0 Å². The Bertz CT molecular complexity index is 211. The summed E-state index contributed by atoms with van der Waals surface area (Å²) >= 11 is 0.469. The van der Waals surface area contributed by atoms with Crippen LogP contribution in [-0.4, -0.2) is 36.3 Å². The van der Waals surface area contributed by atoms with E-state index >= 15 is 0 Å². The van der Waals surface area contributed by atoms with Crippen molar-refractivity contribution in [2.24, 2.45) is 5.73 Å². The first-order valence-corrected chi connectivity index (χ1v) is 5.38. The predicted molar refractivity (Wildman–Crippen MR) is 52.6 cm³/mol. The van der Waals surface area contributed by atoms with Crippen molar-refractivity contribution in [1.29, 1.82) is 0 Å². The number of halogens is 3. The number of hydrogen-bond donors (Lipinski definition) is 1. The van der Waals surface area contributed by atoms with E-state index in [2.05, 4.69) is 4.74 Å². The number of nitrogens with two attached hydrogens (primary N) is 1. The number of esters is 1. The highest BCUT2D eigenvalue weighted by Crippen LogP contribution is 2.33. The molecule has 0 aliphatic rings. The Balaban J connectivity index is 4.33. The quantitative estimate of drug-likeness (QED) is 0.747. The van der Waals surface area contributed by atoms with Crippen molar-refractivity contribution >= 4 is 17.7 Å². The normalized spacial score (nSPS) is 15.9. The lowest BCUT2D eigenvalue weighted by molar-refractivity contribution is -0.137. The van der Waals surface area contributed by atoms with Crippen molar-refractivity contribution in [2.45, 2.75) is 30.8 Å². The van der Waals surface area contributed by atoms with Crippen LogP contribution in [-0.2, 0) is 9.53 Å². The van der Waals surface area contributed by atoms with Crippen molar-refractivity contribution in [3.8, 4) is 0 Å². The Hall–Kier alpha value is -0.430. The lowest BCUT2D eigenvalue weighted by Crippen LogP contribution is -2.43. The number of carbonyl (C=O) groups is 1. The summed E-state index contributed by atoms with van der Waals surface area (Å²) in [5.41, 5.74) is 5.34. The second kappa shape index (κ2) is 6.22. The molecule has 0 aromatic heterocycles. The molecule has 0 saturated heterocycles. The van der Waals surface area contributed by atoms with Crippen LogP contribution in [0, 0.1) is 0 Å². The number of alkyl halides is 3. The van der Waals surface area contributed by atoms with E-state index in [9.17, 15) is 18.0 Å². The maximum atomic E-state index is 12.5. The SMILES string of the molecule is CCC(N)C(SCC(=O)OC)C(F)(F)F. The van der Waals surface area contributed by atoms with Crippen molar-refractivity contribution in [3.63, 3.8) is 0 Å². The lowest BCUT2D eigenvalue weighted by Gasteiger charge is -2.24.